The predicted octanol–water partition coefficient (Wildman–Crippen LogP) is 4.21. The molecule has 0 atom stereocenters. The lowest BCUT2D eigenvalue weighted by molar-refractivity contribution is 0.0950. The SMILES string of the molecule is CC(C)Oc1ncccc1CNC(=O)c1ccc(Br)cc1Cl. The topological polar surface area (TPSA) is 51.2 Å². The van der Waals surface area contributed by atoms with Crippen molar-refractivity contribution in [2.75, 3.05) is 0 Å². The first-order valence-corrected chi connectivity index (χ1v) is 7.98. The first-order chi connectivity index (χ1) is 10.5. The molecule has 2 aromatic rings. The molecule has 2 rings (SSSR count). The van der Waals surface area contributed by atoms with E-state index < -0.39 is 0 Å². The summed E-state index contributed by atoms with van der Waals surface area (Å²) in [6.45, 7) is 4.18. The molecule has 22 heavy (non-hydrogen) atoms. The van der Waals surface area contributed by atoms with Gasteiger partial charge in [0.05, 0.1) is 16.7 Å². The van der Waals surface area contributed by atoms with Gasteiger partial charge in [-0.25, -0.2) is 4.98 Å². The van der Waals surface area contributed by atoms with Crippen LogP contribution in [0.5, 0.6) is 5.88 Å². The molecule has 0 fully saturated rings. The first-order valence-electron chi connectivity index (χ1n) is 6.81. The molecule has 1 amide bonds. The largest absolute Gasteiger partial charge is 0.475 e. The van der Waals surface area contributed by atoms with Crippen molar-refractivity contribution in [1.29, 1.82) is 0 Å². The van der Waals surface area contributed by atoms with Gasteiger partial charge in [0.2, 0.25) is 5.88 Å². The van der Waals surface area contributed by atoms with E-state index in [1.165, 1.54) is 0 Å². The van der Waals surface area contributed by atoms with Crippen LogP contribution < -0.4 is 10.1 Å². The molecule has 4 nitrogen and oxygen atoms in total. The highest BCUT2D eigenvalue weighted by molar-refractivity contribution is 9.10. The third kappa shape index (κ3) is 4.45. The Hall–Kier alpha value is -1.59. The number of hydrogen-bond donors (Lipinski definition) is 1. The summed E-state index contributed by atoms with van der Waals surface area (Å²) in [7, 11) is 0. The molecule has 116 valence electrons. The Labute approximate surface area is 143 Å². The van der Waals surface area contributed by atoms with Gasteiger partial charge in [-0.05, 0) is 38.1 Å². The molecule has 1 N–H and O–H groups in total. The molecule has 1 aromatic heterocycles. The molecule has 0 saturated carbocycles. The Bertz CT molecular complexity index is 677. The number of nitrogens with one attached hydrogen (secondary N) is 1. The number of benzene rings is 1. The maximum Gasteiger partial charge on any atom is 0.253 e. The normalized spacial score (nSPS) is 10.6. The molecule has 0 bridgehead atoms. The average molecular weight is 384 g/mol. The summed E-state index contributed by atoms with van der Waals surface area (Å²) in [6, 6.07) is 8.82. The fourth-order valence-electron chi connectivity index (χ4n) is 1.83. The van der Waals surface area contributed by atoms with E-state index in [2.05, 4.69) is 26.2 Å². The zero-order valence-electron chi connectivity index (χ0n) is 12.3. The van der Waals surface area contributed by atoms with E-state index in [0.717, 1.165) is 10.0 Å². The van der Waals surface area contributed by atoms with Crippen LogP contribution >= 0.6 is 27.5 Å². The van der Waals surface area contributed by atoms with Crippen molar-refractivity contribution in [3.05, 3.63) is 57.2 Å². The fourth-order valence-corrected chi connectivity index (χ4v) is 2.59. The highest BCUT2D eigenvalue weighted by Crippen LogP contribution is 2.22. The Morgan fingerprint density at radius 3 is 2.86 bits per heavy atom. The van der Waals surface area contributed by atoms with Crippen molar-refractivity contribution >= 4 is 33.4 Å². The second-order valence-electron chi connectivity index (χ2n) is 4.94. The predicted molar refractivity (Wildman–Crippen MR) is 90.3 cm³/mol. The summed E-state index contributed by atoms with van der Waals surface area (Å²) in [5.41, 5.74) is 1.25. The van der Waals surface area contributed by atoms with Gasteiger partial charge >= 0.3 is 0 Å². The minimum atomic E-state index is -0.239. The molecule has 1 aromatic carbocycles. The van der Waals surface area contributed by atoms with E-state index >= 15 is 0 Å². The number of carbonyl (C=O) groups is 1. The molecule has 0 unspecified atom stereocenters. The third-order valence-corrected chi connectivity index (χ3v) is 3.62. The summed E-state index contributed by atoms with van der Waals surface area (Å²) in [5.74, 6) is 0.288. The number of hydrogen-bond acceptors (Lipinski definition) is 3. The van der Waals surface area contributed by atoms with Crippen LogP contribution in [0.25, 0.3) is 0 Å². The number of amides is 1. The smallest absolute Gasteiger partial charge is 0.253 e. The maximum atomic E-state index is 12.2. The fraction of sp³-hybridized carbons (Fsp3) is 0.250. The number of aromatic nitrogens is 1. The van der Waals surface area contributed by atoms with Gasteiger partial charge in [0.15, 0.2) is 0 Å². The zero-order chi connectivity index (χ0) is 16.1. The standard InChI is InChI=1S/C16H16BrClN2O2/c1-10(2)22-16-11(4-3-7-19-16)9-20-15(21)13-6-5-12(17)8-14(13)18/h3-8,10H,9H2,1-2H3,(H,20,21). The molecule has 0 saturated heterocycles. The summed E-state index contributed by atoms with van der Waals surface area (Å²) in [5, 5.41) is 3.23. The number of nitrogens with zero attached hydrogens (tertiary/aromatic N) is 1. The van der Waals surface area contributed by atoms with Crippen molar-refractivity contribution < 1.29 is 9.53 Å². The summed E-state index contributed by atoms with van der Waals surface area (Å²) in [6.07, 6.45) is 1.68. The third-order valence-electron chi connectivity index (χ3n) is 2.81. The number of rotatable bonds is 5. The molecule has 0 aliphatic rings. The van der Waals surface area contributed by atoms with Crippen molar-refractivity contribution in [2.45, 2.75) is 26.5 Å². The van der Waals surface area contributed by atoms with E-state index in [4.69, 9.17) is 16.3 Å². The van der Waals surface area contributed by atoms with Gasteiger partial charge < -0.3 is 10.1 Å². The van der Waals surface area contributed by atoms with Gasteiger partial charge in [-0.15, -0.1) is 0 Å². The van der Waals surface area contributed by atoms with Gasteiger partial charge in [0, 0.05) is 22.8 Å². The van der Waals surface area contributed by atoms with E-state index in [1.807, 2.05) is 19.9 Å². The van der Waals surface area contributed by atoms with Crippen LogP contribution in [0, 0.1) is 0 Å². The van der Waals surface area contributed by atoms with E-state index in [1.54, 1.807) is 30.5 Å². The monoisotopic (exact) mass is 382 g/mol. The van der Waals surface area contributed by atoms with Crippen LogP contribution in [0.1, 0.15) is 29.8 Å². The molecule has 0 aliphatic carbocycles. The molecule has 0 radical (unpaired) electrons. The lowest BCUT2D eigenvalue weighted by atomic mass is 10.2. The second kappa shape index (κ2) is 7.61. The Balaban J connectivity index is 2.08. The zero-order valence-corrected chi connectivity index (χ0v) is 14.6. The van der Waals surface area contributed by atoms with Crippen molar-refractivity contribution in [1.82, 2.24) is 10.3 Å². The van der Waals surface area contributed by atoms with Gasteiger partial charge in [-0.1, -0.05) is 33.6 Å². The average Bonchev–Trinajstić information content (AvgIpc) is 2.45. The molecular formula is C16H16BrClN2O2. The van der Waals surface area contributed by atoms with Gasteiger partial charge in [-0.2, -0.15) is 0 Å². The molecule has 1 heterocycles. The van der Waals surface area contributed by atoms with Crippen LogP contribution in [-0.4, -0.2) is 17.0 Å². The van der Waals surface area contributed by atoms with E-state index in [9.17, 15) is 4.79 Å². The second-order valence-corrected chi connectivity index (χ2v) is 6.26. The lowest BCUT2D eigenvalue weighted by Gasteiger charge is -2.13. The highest BCUT2D eigenvalue weighted by Gasteiger charge is 2.12. The minimum Gasteiger partial charge on any atom is -0.475 e. The van der Waals surface area contributed by atoms with Gasteiger partial charge in [0.25, 0.3) is 5.91 Å². The van der Waals surface area contributed by atoms with Crippen molar-refractivity contribution in [3.8, 4) is 5.88 Å². The number of pyridine rings is 1. The lowest BCUT2D eigenvalue weighted by Crippen LogP contribution is -2.24. The number of halogens is 2. The highest BCUT2D eigenvalue weighted by atomic mass is 79.9. The Kier molecular flexibility index (Phi) is 5.80. The van der Waals surface area contributed by atoms with Crippen molar-refractivity contribution in [3.63, 3.8) is 0 Å². The quantitative estimate of drug-likeness (QED) is 0.841. The van der Waals surface area contributed by atoms with Crippen LogP contribution in [-0.2, 0) is 6.54 Å². The first kappa shape index (κ1) is 16.8. The van der Waals surface area contributed by atoms with Crippen LogP contribution in [0.4, 0.5) is 0 Å². The molecule has 0 aliphatic heterocycles. The van der Waals surface area contributed by atoms with Crippen LogP contribution in [0.15, 0.2) is 41.0 Å². The molecule has 6 heteroatoms. The number of ether oxygens (including phenoxy) is 1. The van der Waals surface area contributed by atoms with E-state index in [-0.39, 0.29) is 12.0 Å². The van der Waals surface area contributed by atoms with Crippen LogP contribution in [0.3, 0.4) is 0 Å². The van der Waals surface area contributed by atoms with E-state index in [0.29, 0.717) is 23.0 Å². The summed E-state index contributed by atoms with van der Waals surface area (Å²) in [4.78, 5) is 16.4. The van der Waals surface area contributed by atoms with Gasteiger partial charge in [0.1, 0.15) is 0 Å². The molecule has 0 spiro atoms. The van der Waals surface area contributed by atoms with Gasteiger partial charge in [-0.3, -0.25) is 4.79 Å². The summed E-state index contributed by atoms with van der Waals surface area (Å²) < 4.78 is 6.46. The number of carbonyl (C=O) groups excluding carboxylic acids is 1. The Morgan fingerprint density at radius 1 is 1.41 bits per heavy atom. The molecular weight excluding hydrogens is 368 g/mol. The van der Waals surface area contributed by atoms with Crippen LogP contribution in [0.2, 0.25) is 5.02 Å². The maximum absolute atomic E-state index is 12.2. The minimum absolute atomic E-state index is 0.0188. The Morgan fingerprint density at radius 2 is 2.18 bits per heavy atom. The summed E-state index contributed by atoms with van der Waals surface area (Å²) >= 11 is 9.39. The van der Waals surface area contributed by atoms with Crippen molar-refractivity contribution in [2.24, 2.45) is 0 Å².